The van der Waals surface area contributed by atoms with E-state index in [9.17, 15) is 14.7 Å². The number of carbonyl (C=O) groups is 2. The molecule has 0 radical (unpaired) electrons. The minimum Gasteiger partial charge on any atom is -0.497 e. The Kier molecular flexibility index (Phi) is 11.9. The largest absolute Gasteiger partial charge is 0.497 e. The quantitative estimate of drug-likeness (QED) is 0.246. The summed E-state index contributed by atoms with van der Waals surface area (Å²) in [4.78, 5) is 27.5. The average Bonchev–Trinajstić information content (AvgIpc) is 3.44. The molecular weight excluding hydrogens is 468 g/mol. The molecule has 0 aromatic heterocycles. The maximum absolute atomic E-state index is 12.8. The zero-order valence-corrected chi connectivity index (χ0v) is 22.3. The molecule has 0 bridgehead atoms. The van der Waals surface area contributed by atoms with Crippen LogP contribution in [0.15, 0.2) is 48.5 Å². The van der Waals surface area contributed by atoms with E-state index in [0.717, 1.165) is 55.8 Å². The number of ketones is 1. The van der Waals surface area contributed by atoms with Crippen molar-refractivity contribution in [1.82, 2.24) is 10.2 Å². The van der Waals surface area contributed by atoms with Crippen LogP contribution in [0.1, 0.15) is 80.3 Å². The summed E-state index contributed by atoms with van der Waals surface area (Å²) in [5.41, 5.74) is 1.42. The maximum Gasteiger partial charge on any atom is 0.220 e. The third kappa shape index (κ3) is 9.48. The van der Waals surface area contributed by atoms with Crippen LogP contribution in [0.2, 0.25) is 0 Å². The number of methoxy groups -OCH3 is 1. The van der Waals surface area contributed by atoms with E-state index >= 15 is 0 Å². The first-order chi connectivity index (χ1) is 18.0. The highest BCUT2D eigenvalue weighted by Crippen LogP contribution is 2.23. The zero-order valence-electron chi connectivity index (χ0n) is 22.3. The summed E-state index contributed by atoms with van der Waals surface area (Å²) in [6.45, 7) is 5.38. The Bertz CT molecular complexity index is 955. The number of amides is 1. The number of nitrogens with one attached hydrogen (secondary N) is 1. The SMILES string of the molecule is CCCCOc1ccc(C(O)C(CN2CCCC2)NC(=O)CCCCC(=O)c2ccc(OC)cc2)cc1. The van der Waals surface area contributed by atoms with Crippen molar-refractivity contribution in [2.24, 2.45) is 0 Å². The summed E-state index contributed by atoms with van der Waals surface area (Å²) in [7, 11) is 1.59. The molecule has 1 saturated heterocycles. The number of ether oxygens (including phenoxy) is 2. The van der Waals surface area contributed by atoms with Gasteiger partial charge < -0.3 is 24.8 Å². The van der Waals surface area contributed by atoms with E-state index in [1.165, 1.54) is 0 Å². The first-order valence-corrected chi connectivity index (χ1v) is 13.6. The Morgan fingerprint density at radius 2 is 1.59 bits per heavy atom. The van der Waals surface area contributed by atoms with Crippen LogP contribution in [0.5, 0.6) is 11.5 Å². The Balaban J connectivity index is 1.49. The summed E-state index contributed by atoms with van der Waals surface area (Å²) >= 11 is 0. The van der Waals surface area contributed by atoms with Gasteiger partial charge in [0.15, 0.2) is 5.78 Å². The molecule has 0 spiro atoms. The summed E-state index contributed by atoms with van der Waals surface area (Å²) in [5, 5.41) is 14.2. The normalized spacial score (nSPS) is 15.2. The van der Waals surface area contributed by atoms with Crippen LogP contribution in [0.3, 0.4) is 0 Å². The summed E-state index contributed by atoms with van der Waals surface area (Å²) in [6.07, 6.45) is 5.52. The van der Waals surface area contributed by atoms with Gasteiger partial charge in [0.1, 0.15) is 17.6 Å². The molecule has 37 heavy (non-hydrogen) atoms. The number of benzene rings is 2. The molecule has 2 aromatic carbocycles. The molecule has 1 aliphatic heterocycles. The van der Waals surface area contributed by atoms with Gasteiger partial charge in [0.2, 0.25) is 5.91 Å². The first-order valence-electron chi connectivity index (χ1n) is 13.6. The van der Waals surface area contributed by atoms with Gasteiger partial charge in [-0.2, -0.15) is 0 Å². The van der Waals surface area contributed by atoms with E-state index in [4.69, 9.17) is 9.47 Å². The molecule has 2 unspecified atom stereocenters. The fraction of sp³-hybridized carbons (Fsp3) is 0.533. The lowest BCUT2D eigenvalue weighted by molar-refractivity contribution is -0.123. The third-order valence-corrected chi connectivity index (χ3v) is 6.84. The highest BCUT2D eigenvalue weighted by atomic mass is 16.5. The fourth-order valence-electron chi connectivity index (χ4n) is 4.57. The first kappa shape index (κ1) is 28.7. The number of nitrogens with zero attached hydrogens (tertiary/aromatic N) is 1. The number of unbranched alkanes of at least 4 members (excludes halogenated alkanes) is 2. The number of hydrogen-bond acceptors (Lipinski definition) is 6. The van der Waals surface area contributed by atoms with Crippen molar-refractivity contribution in [2.75, 3.05) is 33.4 Å². The summed E-state index contributed by atoms with van der Waals surface area (Å²) in [5.74, 6) is 1.47. The lowest BCUT2D eigenvalue weighted by Gasteiger charge is -2.29. The molecule has 3 rings (SSSR count). The molecule has 1 amide bonds. The molecule has 1 heterocycles. The van der Waals surface area contributed by atoms with Gasteiger partial charge in [-0.15, -0.1) is 0 Å². The van der Waals surface area contributed by atoms with Crippen LogP contribution in [0.4, 0.5) is 0 Å². The van der Waals surface area contributed by atoms with Crippen molar-refractivity contribution in [3.05, 3.63) is 59.7 Å². The number of aliphatic hydroxyl groups excluding tert-OH is 1. The van der Waals surface area contributed by atoms with Gasteiger partial charge >= 0.3 is 0 Å². The van der Waals surface area contributed by atoms with E-state index in [1.807, 2.05) is 24.3 Å². The Morgan fingerprint density at radius 1 is 0.946 bits per heavy atom. The Hall–Kier alpha value is -2.90. The molecule has 7 nitrogen and oxygen atoms in total. The van der Waals surface area contributed by atoms with Crippen LogP contribution >= 0.6 is 0 Å². The smallest absolute Gasteiger partial charge is 0.220 e. The van der Waals surface area contributed by atoms with Gasteiger partial charge in [0.25, 0.3) is 0 Å². The molecular formula is C30H42N2O5. The van der Waals surface area contributed by atoms with Crippen molar-refractivity contribution in [3.63, 3.8) is 0 Å². The number of carbonyl (C=O) groups excluding carboxylic acids is 2. The van der Waals surface area contributed by atoms with E-state index in [2.05, 4.69) is 17.1 Å². The number of rotatable bonds is 16. The van der Waals surface area contributed by atoms with Crippen LogP contribution < -0.4 is 14.8 Å². The zero-order chi connectivity index (χ0) is 26.5. The predicted molar refractivity (Wildman–Crippen MR) is 145 cm³/mol. The van der Waals surface area contributed by atoms with Crippen molar-refractivity contribution in [1.29, 1.82) is 0 Å². The predicted octanol–water partition coefficient (Wildman–Crippen LogP) is 4.93. The lowest BCUT2D eigenvalue weighted by Crippen LogP contribution is -2.46. The van der Waals surface area contributed by atoms with Crippen LogP contribution in [-0.2, 0) is 4.79 Å². The molecule has 1 aliphatic rings. The van der Waals surface area contributed by atoms with E-state index in [1.54, 1.807) is 31.4 Å². The third-order valence-electron chi connectivity index (χ3n) is 6.84. The minimum absolute atomic E-state index is 0.0625. The molecule has 1 fully saturated rings. The number of aliphatic hydroxyl groups is 1. The molecule has 0 aliphatic carbocycles. The van der Waals surface area contributed by atoms with Crippen LogP contribution in [0, 0.1) is 0 Å². The van der Waals surface area contributed by atoms with Crippen molar-refractivity contribution < 1.29 is 24.2 Å². The maximum atomic E-state index is 12.8. The van der Waals surface area contributed by atoms with Gasteiger partial charge in [-0.05, 0) is 87.2 Å². The summed E-state index contributed by atoms with van der Waals surface area (Å²) in [6, 6.07) is 14.2. The second kappa shape index (κ2) is 15.4. The molecule has 2 N–H and O–H groups in total. The van der Waals surface area contributed by atoms with E-state index in [-0.39, 0.29) is 11.7 Å². The second-order valence-electron chi connectivity index (χ2n) is 9.76. The summed E-state index contributed by atoms with van der Waals surface area (Å²) < 4.78 is 10.9. The van der Waals surface area contributed by atoms with Crippen molar-refractivity contribution in [2.45, 2.75) is 70.4 Å². The van der Waals surface area contributed by atoms with Crippen LogP contribution in [-0.4, -0.2) is 61.1 Å². The van der Waals surface area contributed by atoms with Gasteiger partial charge in [-0.25, -0.2) is 0 Å². The van der Waals surface area contributed by atoms with Gasteiger partial charge in [0.05, 0.1) is 19.8 Å². The monoisotopic (exact) mass is 510 g/mol. The van der Waals surface area contributed by atoms with Gasteiger partial charge in [0, 0.05) is 24.9 Å². The number of Topliss-reactive ketones (excluding diaryl/α,β-unsaturated/α-hetero) is 1. The standard InChI is InChI=1S/C30H42N2O5/c1-3-4-21-37-26-17-13-24(14-18-26)30(35)27(22-32-19-7-8-20-32)31-29(34)10-6-5-9-28(33)23-11-15-25(36-2)16-12-23/h11-18,27,30,35H,3-10,19-22H2,1-2H3,(H,31,34). The van der Waals surface area contributed by atoms with Crippen molar-refractivity contribution in [3.8, 4) is 11.5 Å². The number of likely N-dealkylation sites (tertiary alicyclic amines) is 1. The average molecular weight is 511 g/mol. The second-order valence-corrected chi connectivity index (χ2v) is 9.76. The lowest BCUT2D eigenvalue weighted by atomic mass is 10.0. The van der Waals surface area contributed by atoms with Crippen LogP contribution in [0.25, 0.3) is 0 Å². The molecule has 7 heteroatoms. The molecule has 202 valence electrons. The molecule has 0 saturated carbocycles. The molecule has 2 aromatic rings. The van der Waals surface area contributed by atoms with Gasteiger partial charge in [-0.1, -0.05) is 25.5 Å². The Morgan fingerprint density at radius 3 is 2.24 bits per heavy atom. The highest BCUT2D eigenvalue weighted by molar-refractivity contribution is 5.96. The minimum atomic E-state index is -0.814. The highest BCUT2D eigenvalue weighted by Gasteiger charge is 2.26. The van der Waals surface area contributed by atoms with Gasteiger partial charge in [-0.3, -0.25) is 9.59 Å². The van der Waals surface area contributed by atoms with E-state index in [0.29, 0.717) is 44.4 Å². The number of hydrogen-bond donors (Lipinski definition) is 2. The molecule has 2 atom stereocenters. The van der Waals surface area contributed by atoms with Crippen molar-refractivity contribution >= 4 is 11.7 Å². The Labute approximate surface area is 221 Å². The fourth-order valence-corrected chi connectivity index (χ4v) is 4.57. The van der Waals surface area contributed by atoms with E-state index < -0.39 is 12.1 Å². The topological polar surface area (TPSA) is 88.1 Å².